The van der Waals surface area contributed by atoms with Gasteiger partial charge in [-0.1, -0.05) is 17.7 Å². The maximum absolute atomic E-state index is 13.1. The number of carbonyl (C=O) groups excluding carboxylic acids is 1. The van der Waals surface area contributed by atoms with Crippen LogP contribution in [0.15, 0.2) is 62.2 Å². The van der Waals surface area contributed by atoms with Gasteiger partial charge in [0.1, 0.15) is 10.6 Å². The van der Waals surface area contributed by atoms with Crippen LogP contribution in [0.4, 0.5) is 15.3 Å². The zero-order valence-corrected chi connectivity index (χ0v) is 23.6. The van der Waals surface area contributed by atoms with Gasteiger partial charge in [-0.05, 0) is 57.2 Å². The predicted molar refractivity (Wildman–Crippen MR) is 147 cm³/mol. The second-order valence-corrected chi connectivity index (χ2v) is 12.6. The lowest BCUT2D eigenvalue weighted by molar-refractivity contribution is -0.113. The summed E-state index contributed by atoms with van der Waals surface area (Å²) in [5.74, 6) is -0.362. The van der Waals surface area contributed by atoms with E-state index < -0.39 is 36.8 Å². The van der Waals surface area contributed by atoms with Gasteiger partial charge >= 0.3 is 10.2 Å². The Balaban J connectivity index is 0.000000757. The van der Waals surface area contributed by atoms with E-state index in [-0.39, 0.29) is 29.1 Å². The normalized spacial score (nSPS) is 15.1. The number of rotatable bonds is 7. The summed E-state index contributed by atoms with van der Waals surface area (Å²) in [5.41, 5.74) is 11.8. The van der Waals surface area contributed by atoms with Crippen LogP contribution in [0.25, 0.3) is 0 Å². The number of carbonyl (C=O) groups is 1. The fourth-order valence-electron chi connectivity index (χ4n) is 3.06. The van der Waals surface area contributed by atoms with Crippen molar-refractivity contribution in [2.45, 2.75) is 36.2 Å². The van der Waals surface area contributed by atoms with Gasteiger partial charge in [0, 0.05) is 16.3 Å². The molecule has 17 heteroatoms. The van der Waals surface area contributed by atoms with Crippen molar-refractivity contribution in [2.75, 3.05) is 21.7 Å². The molecule has 1 aliphatic heterocycles. The molecule has 0 aromatic heterocycles. The molecule has 1 amide bonds. The number of halogens is 2. The molecular formula is C21H26ClFN6O6S3. The molecule has 0 spiro atoms. The monoisotopic (exact) mass is 608 g/mol. The number of thioether (sulfide) groups is 1. The summed E-state index contributed by atoms with van der Waals surface area (Å²) in [6, 6.07) is 10.1. The lowest BCUT2D eigenvalue weighted by Gasteiger charge is -2.38. The smallest absolute Gasteiger partial charge is 0.332 e. The number of anilines is 2. The molecule has 0 bridgehead atoms. The molecular weight excluding hydrogens is 583 g/mol. The predicted octanol–water partition coefficient (Wildman–Crippen LogP) is 2.81. The number of hydrogen-bond donors (Lipinski definition) is 4. The average molecular weight is 609 g/mol. The first-order valence-corrected chi connectivity index (χ1v) is 15.0. The van der Waals surface area contributed by atoms with E-state index in [1.54, 1.807) is 23.1 Å². The first-order chi connectivity index (χ1) is 17.4. The fraction of sp³-hybridized carbons (Fsp3) is 0.286. The topological polar surface area (TPSA) is 198 Å². The van der Waals surface area contributed by atoms with Crippen LogP contribution in [-0.4, -0.2) is 56.4 Å². The molecule has 0 saturated carbocycles. The highest BCUT2D eigenvalue weighted by molar-refractivity contribution is 8.00. The lowest BCUT2D eigenvalue weighted by atomic mass is 10.1. The number of hydrogen-bond acceptors (Lipinski definition) is 11. The molecule has 0 aliphatic carbocycles. The van der Waals surface area contributed by atoms with E-state index in [0.717, 1.165) is 12.1 Å². The highest BCUT2D eigenvalue weighted by atomic mass is 35.5. The molecule has 1 aliphatic rings. The van der Waals surface area contributed by atoms with Crippen LogP contribution < -0.4 is 21.7 Å². The number of aliphatic imine (C=N–C) groups is 2. The van der Waals surface area contributed by atoms with E-state index >= 15 is 0 Å². The van der Waals surface area contributed by atoms with Gasteiger partial charge < -0.3 is 16.8 Å². The second-order valence-electron chi connectivity index (χ2n) is 8.06. The van der Waals surface area contributed by atoms with Gasteiger partial charge in [-0.3, -0.25) is 14.2 Å². The van der Waals surface area contributed by atoms with Crippen molar-refractivity contribution < 1.29 is 30.1 Å². The zero-order chi connectivity index (χ0) is 28.9. The summed E-state index contributed by atoms with van der Waals surface area (Å²) in [6.45, 7) is 5.02. The summed E-state index contributed by atoms with van der Waals surface area (Å²) >= 11 is 7.58. The summed E-state index contributed by atoms with van der Waals surface area (Å²) < 4.78 is 62.0. The number of amides is 1. The highest BCUT2D eigenvalue weighted by Gasteiger charge is 2.33. The van der Waals surface area contributed by atoms with Crippen molar-refractivity contribution in [2.24, 2.45) is 21.5 Å². The van der Waals surface area contributed by atoms with Crippen molar-refractivity contribution >= 4 is 72.9 Å². The Kier molecular flexibility index (Phi) is 10.1. The van der Waals surface area contributed by atoms with Crippen LogP contribution in [0.2, 0.25) is 5.02 Å². The van der Waals surface area contributed by atoms with Crippen LogP contribution in [0.5, 0.6) is 0 Å². The molecule has 0 unspecified atom stereocenters. The van der Waals surface area contributed by atoms with E-state index in [1.165, 1.54) is 30.8 Å². The summed E-state index contributed by atoms with van der Waals surface area (Å²) in [4.78, 5) is 22.3. The van der Waals surface area contributed by atoms with Crippen molar-refractivity contribution in [3.05, 3.63) is 47.5 Å². The van der Waals surface area contributed by atoms with Crippen LogP contribution in [0.3, 0.4) is 0 Å². The Morgan fingerprint density at radius 3 is 2.34 bits per heavy atom. The number of guanidine groups is 2. The van der Waals surface area contributed by atoms with E-state index in [2.05, 4.69) is 15.3 Å². The van der Waals surface area contributed by atoms with Crippen LogP contribution in [-0.2, 0) is 25.1 Å². The molecule has 6 N–H and O–H groups in total. The minimum Gasteiger partial charge on any atom is -0.369 e. The minimum absolute atomic E-state index is 0.00863. The maximum atomic E-state index is 13.1. The van der Waals surface area contributed by atoms with Crippen molar-refractivity contribution in [1.82, 2.24) is 0 Å². The molecule has 208 valence electrons. The van der Waals surface area contributed by atoms with Gasteiger partial charge in [-0.2, -0.15) is 21.8 Å². The number of benzene rings is 2. The Morgan fingerprint density at radius 2 is 1.82 bits per heavy atom. The quantitative estimate of drug-likeness (QED) is 0.206. The van der Waals surface area contributed by atoms with Crippen LogP contribution >= 0.6 is 23.4 Å². The Morgan fingerprint density at radius 1 is 1.18 bits per heavy atom. The molecule has 0 radical (unpaired) electrons. The molecule has 38 heavy (non-hydrogen) atoms. The Hall–Kier alpha value is -2.92. The largest absolute Gasteiger partial charge is 0.369 e. The summed E-state index contributed by atoms with van der Waals surface area (Å²) in [5, 5.41) is 2.91. The standard InChI is InChI=1S/C19H20ClFN6O3S2.C2H6O3S/c1-19(2)26-17(22)25-18(23)27(19)12-6-7-15(14(20)9-12)31-10-16(28)24-11-4-3-5-13(8-11)32(21,29)30;1-2-6(3,4)5/h3-9H,10H2,1-2H3,(H,24,28)(H4,22,23,25,26);2H2,1H3,(H,3,4,5). The number of nitrogens with zero attached hydrogens (tertiary/aromatic N) is 3. The first-order valence-electron chi connectivity index (χ1n) is 10.6. The Labute approximate surface area is 229 Å². The first kappa shape index (κ1) is 31.3. The van der Waals surface area contributed by atoms with Crippen molar-refractivity contribution in [3.8, 4) is 0 Å². The molecule has 3 rings (SSSR count). The third kappa shape index (κ3) is 9.13. The molecule has 12 nitrogen and oxygen atoms in total. The summed E-state index contributed by atoms with van der Waals surface area (Å²) in [6.07, 6.45) is 0. The van der Waals surface area contributed by atoms with E-state index in [9.17, 15) is 25.5 Å². The molecule has 2 aromatic carbocycles. The third-order valence-corrected chi connectivity index (χ3v) is 7.74. The minimum atomic E-state index is -4.86. The van der Waals surface area contributed by atoms with Crippen LogP contribution in [0, 0.1) is 0 Å². The van der Waals surface area contributed by atoms with Gasteiger partial charge in [-0.25, -0.2) is 4.99 Å². The van der Waals surface area contributed by atoms with Gasteiger partial charge in [-0.15, -0.1) is 15.6 Å². The van der Waals surface area contributed by atoms with Crippen molar-refractivity contribution in [1.29, 1.82) is 0 Å². The molecule has 0 atom stereocenters. The molecule has 2 aromatic rings. The number of nitrogens with two attached hydrogens (primary N) is 2. The molecule has 1 heterocycles. The van der Waals surface area contributed by atoms with E-state index in [0.29, 0.717) is 15.6 Å². The van der Waals surface area contributed by atoms with Gasteiger partial charge in [0.25, 0.3) is 10.1 Å². The molecule has 0 saturated heterocycles. The second kappa shape index (κ2) is 12.3. The van der Waals surface area contributed by atoms with Gasteiger partial charge in [0.05, 0.1) is 16.5 Å². The lowest BCUT2D eigenvalue weighted by Crippen LogP contribution is -2.54. The number of nitrogens with one attached hydrogen (secondary N) is 1. The average Bonchev–Trinajstić information content (AvgIpc) is 2.77. The van der Waals surface area contributed by atoms with Gasteiger partial charge in [0.2, 0.25) is 17.8 Å². The summed E-state index contributed by atoms with van der Waals surface area (Å²) in [7, 11) is -8.52. The fourth-order valence-corrected chi connectivity index (χ4v) is 4.63. The third-order valence-electron chi connectivity index (χ3n) is 4.69. The van der Waals surface area contributed by atoms with E-state index in [4.69, 9.17) is 27.6 Å². The van der Waals surface area contributed by atoms with E-state index in [1.807, 2.05) is 13.8 Å². The SMILES string of the molecule is CC1(C)N=C(N)N=C(N)N1c1ccc(SCC(=O)Nc2cccc(S(=O)(=O)F)c2)c(Cl)c1.CCS(=O)(=O)O. The molecule has 0 fully saturated rings. The van der Waals surface area contributed by atoms with Crippen LogP contribution in [0.1, 0.15) is 20.8 Å². The zero-order valence-electron chi connectivity index (χ0n) is 20.4. The maximum Gasteiger partial charge on any atom is 0.332 e. The highest BCUT2D eigenvalue weighted by Crippen LogP contribution is 2.34. The van der Waals surface area contributed by atoms with Gasteiger partial charge in [0.15, 0.2) is 0 Å². The van der Waals surface area contributed by atoms with Crippen molar-refractivity contribution in [3.63, 3.8) is 0 Å². The Bertz CT molecular complexity index is 1480.